The molecule has 0 radical (unpaired) electrons. The van der Waals surface area contributed by atoms with Crippen molar-refractivity contribution in [1.82, 2.24) is 9.88 Å². The first kappa shape index (κ1) is 12.5. The second-order valence-corrected chi connectivity index (χ2v) is 5.58. The molecule has 0 bridgehead atoms. The van der Waals surface area contributed by atoms with Gasteiger partial charge in [-0.3, -0.25) is 4.79 Å². The van der Waals surface area contributed by atoms with Crippen LogP contribution >= 0.6 is 15.9 Å². The van der Waals surface area contributed by atoms with Crippen molar-refractivity contribution in [1.29, 1.82) is 0 Å². The van der Waals surface area contributed by atoms with Crippen molar-refractivity contribution >= 4 is 21.8 Å². The van der Waals surface area contributed by atoms with Crippen LogP contribution in [-0.4, -0.2) is 39.6 Å². The number of carbonyl (C=O) groups is 1. The van der Waals surface area contributed by atoms with Crippen LogP contribution in [0.4, 0.5) is 0 Å². The summed E-state index contributed by atoms with van der Waals surface area (Å²) in [6, 6.07) is 5.23. The van der Waals surface area contributed by atoms with Gasteiger partial charge in [-0.15, -0.1) is 0 Å². The maximum atomic E-state index is 12.0. The van der Waals surface area contributed by atoms with Crippen molar-refractivity contribution < 1.29 is 9.90 Å². The average Bonchev–Trinajstić information content (AvgIpc) is 2.23. The number of amides is 1. The number of hydrogen-bond donors (Lipinski definition) is 1. The topological polar surface area (TPSA) is 53.4 Å². The zero-order valence-corrected chi connectivity index (χ0v) is 11.4. The first-order valence-corrected chi connectivity index (χ1v) is 6.36. The second-order valence-electron chi connectivity index (χ2n) is 4.77. The maximum Gasteiger partial charge on any atom is 0.272 e. The number of pyridine rings is 1. The Bertz CT molecular complexity index is 442. The first-order valence-electron chi connectivity index (χ1n) is 5.56. The molecule has 2 heterocycles. The van der Waals surface area contributed by atoms with E-state index >= 15 is 0 Å². The van der Waals surface area contributed by atoms with E-state index < -0.39 is 5.60 Å². The molecule has 2 rings (SSSR count). The van der Waals surface area contributed by atoms with Crippen LogP contribution in [0, 0.1) is 5.92 Å². The number of hydrogen-bond acceptors (Lipinski definition) is 3. The fourth-order valence-electron chi connectivity index (χ4n) is 1.81. The summed E-state index contributed by atoms with van der Waals surface area (Å²) < 4.78 is 0.642. The third-order valence-electron chi connectivity index (χ3n) is 3.23. The smallest absolute Gasteiger partial charge is 0.272 e. The van der Waals surface area contributed by atoms with Gasteiger partial charge in [-0.1, -0.05) is 19.9 Å². The minimum atomic E-state index is -0.734. The van der Waals surface area contributed by atoms with E-state index in [4.69, 9.17) is 0 Å². The highest BCUT2D eigenvalue weighted by Crippen LogP contribution is 2.29. The van der Waals surface area contributed by atoms with Crippen LogP contribution in [0.3, 0.4) is 0 Å². The minimum Gasteiger partial charge on any atom is -0.386 e. The van der Waals surface area contributed by atoms with E-state index in [1.54, 1.807) is 23.1 Å². The predicted octanol–water partition coefficient (Wildman–Crippen LogP) is 1.69. The Balaban J connectivity index is 2.05. The summed E-state index contributed by atoms with van der Waals surface area (Å²) in [5.41, 5.74) is -0.327. The van der Waals surface area contributed by atoms with Crippen molar-refractivity contribution in [2.45, 2.75) is 19.4 Å². The number of nitrogens with zero attached hydrogens (tertiary/aromatic N) is 2. The van der Waals surface area contributed by atoms with E-state index in [2.05, 4.69) is 20.9 Å². The van der Waals surface area contributed by atoms with Gasteiger partial charge in [0.1, 0.15) is 15.9 Å². The molecule has 1 aromatic heterocycles. The monoisotopic (exact) mass is 298 g/mol. The number of halogens is 1. The van der Waals surface area contributed by atoms with Crippen molar-refractivity contribution in [3.63, 3.8) is 0 Å². The lowest BCUT2D eigenvalue weighted by Gasteiger charge is -2.48. The summed E-state index contributed by atoms with van der Waals surface area (Å²) in [6.07, 6.45) is 0. The second kappa shape index (κ2) is 4.38. The molecule has 1 saturated heterocycles. The van der Waals surface area contributed by atoms with Gasteiger partial charge in [-0.2, -0.15) is 0 Å². The largest absolute Gasteiger partial charge is 0.386 e. The van der Waals surface area contributed by atoms with E-state index in [0.717, 1.165) is 0 Å². The molecule has 0 aromatic carbocycles. The van der Waals surface area contributed by atoms with Gasteiger partial charge in [0.05, 0.1) is 13.1 Å². The zero-order chi connectivity index (χ0) is 12.6. The van der Waals surface area contributed by atoms with Crippen LogP contribution in [-0.2, 0) is 0 Å². The van der Waals surface area contributed by atoms with Gasteiger partial charge in [0, 0.05) is 0 Å². The molecule has 1 aromatic rings. The molecule has 0 unspecified atom stereocenters. The molecule has 17 heavy (non-hydrogen) atoms. The molecule has 92 valence electrons. The van der Waals surface area contributed by atoms with Crippen LogP contribution in [0.1, 0.15) is 24.3 Å². The minimum absolute atomic E-state index is 0.128. The Morgan fingerprint density at radius 3 is 2.71 bits per heavy atom. The molecule has 0 atom stereocenters. The molecule has 1 N–H and O–H groups in total. The summed E-state index contributed by atoms with van der Waals surface area (Å²) in [6.45, 7) is 4.69. The number of rotatable bonds is 2. The quantitative estimate of drug-likeness (QED) is 0.846. The van der Waals surface area contributed by atoms with E-state index in [-0.39, 0.29) is 11.8 Å². The Morgan fingerprint density at radius 2 is 2.18 bits per heavy atom. The number of aromatic nitrogens is 1. The van der Waals surface area contributed by atoms with Gasteiger partial charge < -0.3 is 10.0 Å². The van der Waals surface area contributed by atoms with Gasteiger partial charge in [-0.05, 0) is 34.0 Å². The highest BCUT2D eigenvalue weighted by molar-refractivity contribution is 9.10. The van der Waals surface area contributed by atoms with Gasteiger partial charge in [-0.25, -0.2) is 4.98 Å². The Hall–Kier alpha value is -0.940. The van der Waals surface area contributed by atoms with Crippen molar-refractivity contribution in [3.8, 4) is 0 Å². The first-order chi connectivity index (χ1) is 7.92. The van der Waals surface area contributed by atoms with E-state index in [9.17, 15) is 9.90 Å². The molecule has 1 aliphatic heterocycles. The molecule has 5 heteroatoms. The van der Waals surface area contributed by atoms with Crippen LogP contribution in [0.5, 0.6) is 0 Å². The standard InChI is InChI=1S/C12H15BrN2O2/c1-8(2)12(17)6-15(7-12)11(16)9-4-3-5-10(13)14-9/h3-5,8,17H,6-7H2,1-2H3. The lowest BCUT2D eigenvalue weighted by molar-refractivity contribution is -0.111. The average molecular weight is 299 g/mol. The van der Waals surface area contributed by atoms with Crippen LogP contribution < -0.4 is 0 Å². The zero-order valence-electron chi connectivity index (χ0n) is 9.85. The summed E-state index contributed by atoms with van der Waals surface area (Å²) >= 11 is 3.23. The SMILES string of the molecule is CC(C)C1(O)CN(C(=O)c2cccc(Br)n2)C1. The lowest BCUT2D eigenvalue weighted by Crippen LogP contribution is -2.66. The van der Waals surface area contributed by atoms with Crippen LogP contribution in [0.2, 0.25) is 0 Å². The fourth-order valence-corrected chi connectivity index (χ4v) is 2.16. The summed E-state index contributed by atoms with van der Waals surface area (Å²) in [5, 5.41) is 10.1. The normalized spacial score (nSPS) is 18.1. The molecule has 1 amide bonds. The van der Waals surface area contributed by atoms with E-state index in [1.165, 1.54) is 0 Å². The molecular weight excluding hydrogens is 284 g/mol. The fraction of sp³-hybridized carbons (Fsp3) is 0.500. The molecule has 1 aliphatic rings. The third-order valence-corrected chi connectivity index (χ3v) is 3.67. The van der Waals surface area contributed by atoms with Gasteiger partial charge in [0.15, 0.2) is 0 Å². The highest BCUT2D eigenvalue weighted by atomic mass is 79.9. The molecular formula is C12H15BrN2O2. The van der Waals surface area contributed by atoms with Crippen LogP contribution in [0.15, 0.2) is 22.8 Å². The van der Waals surface area contributed by atoms with E-state index in [1.807, 2.05) is 13.8 Å². The van der Waals surface area contributed by atoms with Crippen molar-refractivity contribution in [2.75, 3.05) is 13.1 Å². The Kier molecular flexibility index (Phi) is 3.23. The van der Waals surface area contributed by atoms with Crippen molar-refractivity contribution in [2.24, 2.45) is 5.92 Å². The molecule has 4 nitrogen and oxygen atoms in total. The molecule has 0 aliphatic carbocycles. The Morgan fingerprint density at radius 1 is 1.53 bits per heavy atom. The van der Waals surface area contributed by atoms with Gasteiger partial charge in [0.2, 0.25) is 0 Å². The number of aliphatic hydroxyl groups is 1. The van der Waals surface area contributed by atoms with Crippen molar-refractivity contribution in [3.05, 3.63) is 28.5 Å². The predicted molar refractivity (Wildman–Crippen MR) is 67.6 cm³/mol. The summed E-state index contributed by atoms with van der Waals surface area (Å²) in [7, 11) is 0. The van der Waals surface area contributed by atoms with Gasteiger partial charge in [0.25, 0.3) is 5.91 Å². The van der Waals surface area contributed by atoms with E-state index in [0.29, 0.717) is 23.4 Å². The lowest BCUT2D eigenvalue weighted by atomic mass is 9.83. The van der Waals surface area contributed by atoms with Gasteiger partial charge >= 0.3 is 0 Å². The molecule has 1 fully saturated rings. The Labute approximate surface area is 109 Å². The number of β-amino-alcohol motifs (C(OH)–C–C–N with tert-alkyl or cyclic N) is 1. The summed E-state index contributed by atoms with van der Waals surface area (Å²) in [5.74, 6) is 0.0265. The molecule has 0 spiro atoms. The highest BCUT2D eigenvalue weighted by Gasteiger charge is 2.46. The number of likely N-dealkylation sites (tertiary alicyclic amines) is 1. The third kappa shape index (κ3) is 2.35. The molecule has 0 saturated carbocycles. The van der Waals surface area contributed by atoms with Crippen LogP contribution in [0.25, 0.3) is 0 Å². The summed E-state index contributed by atoms with van der Waals surface area (Å²) in [4.78, 5) is 17.8. The number of carbonyl (C=O) groups excluding carboxylic acids is 1. The maximum absolute atomic E-state index is 12.0.